The third-order valence-corrected chi connectivity index (χ3v) is 0.590. The average molecular weight is 201 g/mol. The molecule has 0 saturated carbocycles. The van der Waals surface area contributed by atoms with E-state index in [-0.39, 0.29) is 12.4 Å². The zero-order valence-corrected chi connectivity index (χ0v) is 5.63. The molecular formula is CClF3O4S-2. The Labute approximate surface area is 60.3 Å². The van der Waals surface area contributed by atoms with E-state index >= 15 is 0 Å². The first-order valence-corrected chi connectivity index (χ1v) is 2.77. The van der Waals surface area contributed by atoms with Crippen molar-refractivity contribution in [2.24, 2.45) is 0 Å². The van der Waals surface area contributed by atoms with Gasteiger partial charge >= 0.3 is 6.36 Å². The van der Waals surface area contributed by atoms with Gasteiger partial charge < -0.3 is 17.0 Å². The minimum atomic E-state index is -5.66. The summed E-state index contributed by atoms with van der Waals surface area (Å²) in [6, 6.07) is 0. The van der Waals surface area contributed by atoms with Crippen LogP contribution in [0, 0.1) is 0 Å². The van der Waals surface area contributed by atoms with Crippen molar-refractivity contribution in [3.8, 4) is 0 Å². The van der Waals surface area contributed by atoms with E-state index in [0.717, 1.165) is 0 Å². The predicted molar refractivity (Wildman–Crippen MR) is 16.8 cm³/mol. The molecule has 0 aliphatic rings. The fourth-order valence-corrected chi connectivity index (χ4v) is 0.347. The largest absolute Gasteiger partial charge is 1.00 e. The van der Waals surface area contributed by atoms with Crippen LogP contribution in [0.4, 0.5) is 13.2 Å². The van der Waals surface area contributed by atoms with Gasteiger partial charge in [-0.25, -0.2) is 8.42 Å². The van der Waals surface area contributed by atoms with Gasteiger partial charge in [-0.1, -0.05) is 0 Å². The van der Waals surface area contributed by atoms with E-state index in [1.807, 2.05) is 4.18 Å². The molecule has 64 valence electrons. The summed E-state index contributed by atoms with van der Waals surface area (Å²) in [4.78, 5) is 0. The zero-order valence-electron chi connectivity index (χ0n) is 4.05. The van der Waals surface area contributed by atoms with Crippen LogP contribution in [0.2, 0.25) is 0 Å². The SMILES string of the molecule is O=S(=O)([O-])OC(F)(F)F.[Cl-]. The van der Waals surface area contributed by atoms with E-state index in [9.17, 15) is 13.2 Å². The van der Waals surface area contributed by atoms with Crippen molar-refractivity contribution in [1.82, 2.24) is 0 Å². The van der Waals surface area contributed by atoms with Gasteiger partial charge in [0, 0.05) is 0 Å². The molecule has 0 aliphatic carbocycles. The Kier molecular flexibility index (Phi) is 4.25. The van der Waals surface area contributed by atoms with Gasteiger partial charge in [-0.15, -0.1) is 13.2 Å². The highest BCUT2D eigenvalue weighted by atomic mass is 35.5. The maximum atomic E-state index is 10.8. The summed E-state index contributed by atoms with van der Waals surface area (Å²) in [5, 5.41) is 0. The van der Waals surface area contributed by atoms with Gasteiger partial charge in [-0.2, -0.15) is 4.18 Å². The highest BCUT2D eigenvalue weighted by molar-refractivity contribution is 7.80. The van der Waals surface area contributed by atoms with Gasteiger partial charge in [0.25, 0.3) is 0 Å². The van der Waals surface area contributed by atoms with Crippen LogP contribution in [0.25, 0.3) is 0 Å². The quantitative estimate of drug-likeness (QED) is 0.334. The van der Waals surface area contributed by atoms with Gasteiger partial charge in [-0.3, -0.25) is 0 Å². The molecule has 10 heavy (non-hydrogen) atoms. The Bertz CT molecular complexity index is 181. The van der Waals surface area contributed by atoms with E-state index in [2.05, 4.69) is 0 Å². The van der Waals surface area contributed by atoms with E-state index in [1.165, 1.54) is 0 Å². The second-order valence-electron chi connectivity index (χ2n) is 0.937. The third kappa shape index (κ3) is 10.8. The predicted octanol–water partition coefficient (Wildman–Crippen LogP) is -3.01. The molecule has 0 aliphatic heterocycles. The molecular weight excluding hydrogens is 201 g/mol. The lowest BCUT2D eigenvalue weighted by Gasteiger charge is -2.08. The Hall–Kier alpha value is -0.0500. The fraction of sp³-hybridized carbons (Fsp3) is 1.00. The van der Waals surface area contributed by atoms with Gasteiger partial charge in [0.2, 0.25) is 10.4 Å². The van der Waals surface area contributed by atoms with E-state index in [4.69, 9.17) is 13.0 Å². The molecule has 9 heteroatoms. The molecule has 0 saturated heterocycles. The highest BCUT2D eigenvalue weighted by Crippen LogP contribution is 2.17. The third-order valence-electron chi connectivity index (χ3n) is 0.197. The maximum absolute atomic E-state index is 10.8. The minimum Gasteiger partial charge on any atom is -1.00 e. The monoisotopic (exact) mass is 200 g/mol. The Morgan fingerprint density at radius 3 is 1.60 bits per heavy atom. The van der Waals surface area contributed by atoms with Crippen molar-refractivity contribution in [3.63, 3.8) is 0 Å². The first-order chi connectivity index (χ1) is 3.71. The molecule has 0 atom stereocenters. The molecule has 0 rings (SSSR count). The number of halogens is 4. The summed E-state index contributed by atoms with van der Waals surface area (Å²) >= 11 is 0. The van der Waals surface area contributed by atoms with Crippen LogP contribution in [-0.4, -0.2) is 19.3 Å². The second kappa shape index (κ2) is 3.37. The van der Waals surface area contributed by atoms with Crippen LogP contribution in [0.15, 0.2) is 0 Å². The molecule has 0 aromatic carbocycles. The number of alkyl halides is 3. The topological polar surface area (TPSA) is 66.4 Å². The van der Waals surface area contributed by atoms with Crippen molar-refractivity contribution in [2.75, 3.05) is 0 Å². The molecule has 0 bridgehead atoms. The molecule has 4 nitrogen and oxygen atoms in total. The fourth-order valence-electron chi connectivity index (χ4n) is 0.116. The van der Waals surface area contributed by atoms with Crippen molar-refractivity contribution < 1.29 is 42.7 Å². The Morgan fingerprint density at radius 2 is 1.60 bits per heavy atom. The van der Waals surface area contributed by atoms with Crippen molar-refractivity contribution in [3.05, 3.63) is 0 Å². The second-order valence-corrected chi connectivity index (χ2v) is 1.92. The molecule has 0 aromatic heterocycles. The van der Waals surface area contributed by atoms with E-state index in [1.54, 1.807) is 0 Å². The average Bonchev–Trinajstić information content (AvgIpc) is 1.14. The van der Waals surface area contributed by atoms with Crippen LogP contribution in [0.1, 0.15) is 0 Å². The summed E-state index contributed by atoms with van der Waals surface area (Å²) in [6.07, 6.45) is -5.42. The number of rotatable bonds is 1. The van der Waals surface area contributed by atoms with Gasteiger partial charge in [-0.05, 0) is 0 Å². The van der Waals surface area contributed by atoms with E-state index < -0.39 is 16.8 Å². The number of hydrogen-bond donors (Lipinski definition) is 0. The molecule has 0 fully saturated rings. The van der Waals surface area contributed by atoms with Gasteiger partial charge in [0.05, 0.1) is 0 Å². The summed E-state index contributed by atoms with van der Waals surface area (Å²) in [7, 11) is -5.66. The van der Waals surface area contributed by atoms with Gasteiger partial charge in [0.1, 0.15) is 0 Å². The summed E-state index contributed by atoms with van der Waals surface area (Å²) in [5.74, 6) is 0. The molecule has 0 heterocycles. The number of hydrogen-bond acceptors (Lipinski definition) is 4. The van der Waals surface area contributed by atoms with Crippen LogP contribution in [-0.2, 0) is 14.6 Å². The lowest BCUT2D eigenvalue weighted by molar-refractivity contribution is -0.275. The summed E-state index contributed by atoms with van der Waals surface area (Å²) in [5.41, 5.74) is 0. The molecule has 0 unspecified atom stereocenters. The molecule has 0 aromatic rings. The van der Waals surface area contributed by atoms with Crippen LogP contribution in [0.5, 0.6) is 0 Å². The van der Waals surface area contributed by atoms with Crippen LogP contribution >= 0.6 is 0 Å². The lowest BCUT2D eigenvalue weighted by atomic mass is 11.4. The first-order valence-electron chi connectivity index (χ1n) is 1.44. The van der Waals surface area contributed by atoms with Crippen LogP contribution in [0.3, 0.4) is 0 Å². The van der Waals surface area contributed by atoms with E-state index in [0.29, 0.717) is 0 Å². The maximum Gasteiger partial charge on any atom is 0.536 e. The molecule has 0 N–H and O–H groups in total. The lowest BCUT2D eigenvalue weighted by Crippen LogP contribution is -3.00. The smallest absolute Gasteiger partial charge is 0.536 e. The van der Waals surface area contributed by atoms with Crippen molar-refractivity contribution in [2.45, 2.75) is 6.36 Å². The standard InChI is InChI=1S/CHF3O4S.ClH/c2-1(3,4)8-9(5,6)7;/h(H,5,6,7);1H/p-2. The molecule has 0 spiro atoms. The highest BCUT2D eigenvalue weighted by Gasteiger charge is 2.32. The molecule has 0 amide bonds. The normalized spacial score (nSPS) is 12.4. The Morgan fingerprint density at radius 1 is 1.30 bits per heavy atom. The minimum absolute atomic E-state index is 0. The zero-order chi connectivity index (χ0) is 7.71. The van der Waals surface area contributed by atoms with Gasteiger partial charge in [0.15, 0.2) is 0 Å². The summed E-state index contributed by atoms with van der Waals surface area (Å²) < 4.78 is 61.7. The molecule has 0 radical (unpaired) electrons. The first kappa shape index (κ1) is 12.6. The summed E-state index contributed by atoms with van der Waals surface area (Å²) in [6.45, 7) is 0. The van der Waals surface area contributed by atoms with Crippen LogP contribution < -0.4 is 12.4 Å². The van der Waals surface area contributed by atoms with Crippen molar-refractivity contribution in [1.29, 1.82) is 0 Å². The Balaban J connectivity index is 0. The van der Waals surface area contributed by atoms with Crippen molar-refractivity contribution >= 4 is 10.4 Å².